The number of esters is 1. The van der Waals surface area contributed by atoms with Crippen molar-refractivity contribution in [2.45, 2.75) is 19.3 Å². The zero-order valence-corrected chi connectivity index (χ0v) is 16.6. The summed E-state index contributed by atoms with van der Waals surface area (Å²) in [5.41, 5.74) is 1.30. The highest BCUT2D eigenvalue weighted by Crippen LogP contribution is 2.22. The number of para-hydroxylation sites is 1. The summed E-state index contributed by atoms with van der Waals surface area (Å²) in [6.45, 7) is 0.941. The van der Waals surface area contributed by atoms with Crippen LogP contribution < -0.4 is 5.43 Å². The summed E-state index contributed by atoms with van der Waals surface area (Å²) < 4.78 is 10.6. The first-order valence-corrected chi connectivity index (χ1v) is 10.1. The van der Waals surface area contributed by atoms with Crippen molar-refractivity contribution in [1.82, 2.24) is 4.90 Å². The number of amides is 1. The predicted octanol–water partition coefficient (Wildman–Crippen LogP) is 3.43. The maximum Gasteiger partial charge on any atom is 0.374 e. The van der Waals surface area contributed by atoms with Gasteiger partial charge in [-0.3, -0.25) is 9.59 Å². The van der Waals surface area contributed by atoms with E-state index in [4.69, 9.17) is 9.15 Å². The fraction of sp³-hybridized carbons (Fsp3) is 0.292. The Morgan fingerprint density at radius 2 is 1.70 bits per heavy atom. The van der Waals surface area contributed by atoms with Gasteiger partial charge in [0.1, 0.15) is 5.58 Å². The first-order chi connectivity index (χ1) is 14.6. The van der Waals surface area contributed by atoms with Crippen molar-refractivity contribution >= 4 is 22.8 Å². The maximum absolute atomic E-state index is 12.4. The molecule has 0 atom stereocenters. The van der Waals surface area contributed by atoms with Crippen molar-refractivity contribution in [3.05, 3.63) is 82.2 Å². The molecule has 2 heterocycles. The molecule has 0 saturated carbocycles. The van der Waals surface area contributed by atoms with E-state index in [0.29, 0.717) is 30.0 Å². The average molecular weight is 405 g/mol. The van der Waals surface area contributed by atoms with Crippen LogP contribution >= 0.6 is 0 Å². The first-order valence-electron chi connectivity index (χ1n) is 10.1. The summed E-state index contributed by atoms with van der Waals surface area (Å²) >= 11 is 0. The van der Waals surface area contributed by atoms with Gasteiger partial charge in [0.05, 0.1) is 5.39 Å². The van der Waals surface area contributed by atoms with E-state index in [9.17, 15) is 14.4 Å². The van der Waals surface area contributed by atoms with Gasteiger partial charge >= 0.3 is 5.97 Å². The van der Waals surface area contributed by atoms with Crippen LogP contribution in [0.2, 0.25) is 0 Å². The van der Waals surface area contributed by atoms with E-state index >= 15 is 0 Å². The van der Waals surface area contributed by atoms with Crippen LogP contribution in [-0.4, -0.2) is 36.5 Å². The third-order valence-corrected chi connectivity index (χ3v) is 5.50. The molecule has 6 nitrogen and oxygen atoms in total. The second-order valence-corrected chi connectivity index (χ2v) is 7.56. The predicted molar refractivity (Wildman–Crippen MR) is 112 cm³/mol. The molecule has 1 aliphatic rings. The highest BCUT2D eigenvalue weighted by atomic mass is 16.5. The molecule has 0 N–H and O–H groups in total. The summed E-state index contributed by atoms with van der Waals surface area (Å²) in [6.07, 6.45) is 2.86. The van der Waals surface area contributed by atoms with Gasteiger partial charge in [0.2, 0.25) is 5.76 Å². The van der Waals surface area contributed by atoms with Crippen molar-refractivity contribution < 1.29 is 18.7 Å². The minimum absolute atomic E-state index is 0.201. The zero-order chi connectivity index (χ0) is 20.9. The number of carbonyl (C=O) groups excluding carboxylic acids is 2. The fourth-order valence-electron chi connectivity index (χ4n) is 3.83. The molecular formula is C24H23NO5. The molecule has 154 valence electrons. The fourth-order valence-corrected chi connectivity index (χ4v) is 3.83. The number of fused-ring (bicyclic) bond motifs is 1. The number of ether oxygens (including phenoxy) is 1. The topological polar surface area (TPSA) is 76.8 Å². The SMILES string of the molecule is O=C(OCC(=O)N1CCC(Cc2ccccc2)CC1)c1cc(=O)c2ccccc2o1. The molecule has 0 aliphatic carbocycles. The molecule has 1 amide bonds. The quantitative estimate of drug-likeness (QED) is 0.608. The summed E-state index contributed by atoms with van der Waals surface area (Å²) in [4.78, 5) is 38.5. The molecule has 3 aromatic rings. The van der Waals surface area contributed by atoms with Crippen LogP contribution in [0.3, 0.4) is 0 Å². The molecule has 2 aromatic carbocycles. The van der Waals surface area contributed by atoms with Crippen LogP contribution in [0.4, 0.5) is 0 Å². The number of carbonyl (C=O) groups is 2. The second-order valence-electron chi connectivity index (χ2n) is 7.56. The average Bonchev–Trinajstić information content (AvgIpc) is 2.78. The Kier molecular flexibility index (Phi) is 5.93. The first kappa shape index (κ1) is 19.9. The molecule has 1 saturated heterocycles. The van der Waals surface area contributed by atoms with E-state index < -0.39 is 5.97 Å². The Morgan fingerprint density at radius 3 is 2.47 bits per heavy atom. The number of benzene rings is 2. The molecule has 4 rings (SSSR count). The van der Waals surface area contributed by atoms with Gasteiger partial charge in [0.25, 0.3) is 5.91 Å². The maximum atomic E-state index is 12.4. The number of hydrogen-bond acceptors (Lipinski definition) is 5. The lowest BCUT2D eigenvalue weighted by atomic mass is 9.90. The number of piperidine rings is 1. The van der Waals surface area contributed by atoms with Crippen LogP contribution in [0, 0.1) is 5.92 Å². The van der Waals surface area contributed by atoms with Crippen LogP contribution in [-0.2, 0) is 16.0 Å². The lowest BCUT2D eigenvalue weighted by Crippen LogP contribution is -2.41. The van der Waals surface area contributed by atoms with E-state index in [0.717, 1.165) is 25.3 Å². The lowest BCUT2D eigenvalue weighted by molar-refractivity contribution is -0.135. The van der Waals surface area contributed by atoms with Gasteiger partial charge in [-0.25, -0.2) is 4.79 Å². The van der Waals surface area contributed by atoms with Gasteiger partial charge in [0.15, 0.2) is 12.0 Å². The highest BCUT2D eigenvalue weighted by Gasteiger charge is 2.24. The Hall–Kier alpha value is -3.41. The molecule has 0 unspecified atom stereocenters. The van der Waals surface area contributed by atoms with Crippen LogP contribution in [0.25, 0.3) is 11.0 Å². The summed E-state index contributed by atoms with van der Waals surface area (Å²) in [6, 6.07) is 18.1. The largest absolute Gasteiger partial charge is 0.450 e. The minimum atomic E-state index is -0.815. The second kappa shape index (κ2) is 8.95. The van der Waals surface area contributed by atoms with E-state index in [1.807, 2.05) is 18.2 Å². The third-order valence-electron chi connectivity index (χ3n) is 5.50. The molecule has 0 radical (unpaired) electrons. The number of likely N-dealkylation sites (tertiary alicyclic amines) is 1. The monoisotopic (exact) mass is 405 g/mol. The Morgan fingerprint density at radius 1 is 1.00 bits per heavy atom. The van der Waals surface area contributed by atoms with E-state index in [1.165, 1.54) is 5.56 Å². The van der Waals surface area contributed by atoms with Gasteiger partial charge in [-0.1, -0.05) is 42.5 Å². The summed E-state index contributed by atoms with van der Waals surface area (Å²) in [5.74, 6) is -0.700. The van der Waals surface area contributed by atoms with Gasteiger partial charge in [0, 0.05) is 19.2 Å². The molecule has 1 aliphatic heterocycles. The third kappa shape index (κ3) is 4.59. The molecule has 1 aromatic heterocycles. The molecule has 6 heteroatoms. The molecule has 0 spiro atoms. The number of hydrogen-bond donors (Lipinski definition) is 0. The van der Waals surface area contributed by atoms with Crippen molar-refractivity contribution in [3.63, 3.8) is 0 Å². The van der Waals surface area contributed by atoms with Gasteiger partial charge in [-0.05, 0) is 42.9 Å². The van der Waals surface area contributed by atoms with E-state index in [-0.39, 0.29) is 23.7 Å². The zero-order valence-electron chi connectivity index (χ0n) is 16.6. The summed E-state index contributed by atoms with van der Waals surface area (Å²) in [7, 11) is 0. The number of nitrogens with zero attached hydrogens (tertiary/aromatic N) is 1. The Balaban J connectivity index is 1.29. The molecular weight excluding hydrogens is 382 g/mol. The Bertz CT molecular complexity index is 1100. The highest BCUT2D eigenvalue weighted by molar-refractivity contribution is 5.90. The Labute approximate surface area is 174 Å². The van der Waals surface area contributed by atoms with Gasteiger partial charge in [-0.2, -0.15) is 0 Å². The molecule has 1 fully saturated rings. The summed E-state index contributed by atoms with van der Waals surface area (Å²) in [5, 5.41) is 0.392. The smallest absolute Gasteiger partial charge is 0.374 e. The van der Waals surface area contributed by atoms with Crippen LogP contribution in [0.5, 0.6) is 0 Å². The molecule has 0 bridgehead atoms. The van der Waals surface area contributed by atoms with E-state index in [2.05, 4.69) is 12.1 Å². The normalized spacial score (nSPS) is 14.6. The minimum Gasteiger partial charge on any atom is -0.450 e. The van der Waals surface area contributed by atoms with Gasteiger partial charge < -0.3 is 14.1 Å². The van der Waals surface area contributed by atoms with Gasteiger partial charge in [-0.15, -0.1) is 0 Å². The van der Waals surface area contributed by atoms with Crippen molar-refractivity contribution in [2.75, 3.05) is 19.7 Å². The molecule has 30 heavy (non-hydrogen) atoms. The van der Waals surface area contributed by atoms with Crippen LogP contribution in [0.1, 0.15) is 29.0 Å². The van der Waals surface area contributed by atoms with Crippen molar-refractivity contribution in [2.24, 2.45) is 5.92 Å². The standard InChI is InChI=1S/C24H23NO5/c26-20-15-22(30-21-9-5-4-8-19(20)21)24(28)29-16-23(27)25-12-10-18(11-13-25)14-17-6-2-1-3-7-17/h1-9,15,18H,10-14,16H2. The lowest BCUT2D eigenvalue weighted by Gasteiger charge is -2.32. The van der Waals surface area contributed by atoms with Crippen molar-refractivity contribution in [3.8, 4) is 0 Å². The van der Waals surface area contributed by atoms with Crippen molar-refractivity contribution in [1.29, 1.82) is 0 Å². The number of rotatable bonds is 5. The van der Waals surface area contributed by atoms with E-state index in [1.54, 1.807) is 29.2 Å². The van der Waals surface area contributed by atoms with Crippen LogP contribution in [0.15, 0.2) is 69.9 Å².